The summed E-state index contributed by atoms with van der Waals surface area (Å²) in [6.45, 7) is 1.21. The Morgan fingerprint density at radius 3 is 2.55 bits per heavy atom. The number of rotatable bonds is 5. The van der Waals surface area contributed by atoms with E-state index in [1.165, 1.54) is 29.7 Å². The molecule has 0 atom stereocenters. The van der Waals surface area contributed by atoms with Crippen molar-refractivity contribution in [2.75, 3.05) is 0 Å². The Hall–Kier alpha value is -3.73. The fraction of sp³-hybridized carbons (Fsp3) is 0.100. The Labute approximate surface area is 176 Å². The number of aromatic nitrogens is 3. The van der Waals surface area contributed by atoms with Gasteiger partial charge in [0.05, 0.1) is 29.5 Å². The van der Waals surface area contributed by atoms with Gasteiger partial charge in [-0.25, -0.2) is 22.9 Å². The van der Waals surface area contributed by atoms with Gasteiger partial charge in [0, 0.05) is 17.7 Å². The molecule has 0 aliphatic heterocycles. The first-order chi connectivity index (χ1) is 14.7. The van der Waals surface area contributed by atoms with Crippen LogP contribution in [0.1, 0.15) is 20.9 Å². The maximum absolute atomic E-state index is 14.0. The Morgan fingerprint density at radius 2 is 1.90 bits per heavy atom. The topological polar surface area (TPSA) is 94.3 Å². The van der Waals surface area contributed by atoms with E-state index in [1.807, 2.05) is 0 Å². The van der Waals surface area contributed by atoms with Crippen molar-refractivity contribution in [1.82, 2.24) is 14.5 Å². The molecule has 0 amide bonds. The van der Waals surface area contributed by atoms with Gasteiger partial charge in [0.1, 0.15) is 28.1 Å². The second kappa shape index (κ2) is 7.84. The molecule has 0 saturated heterocycles. The first-order valence-corrected chi connectivity index (χ1v) is 9.56. The van der Waals surface area contributed by atoms with E-state index in [1.54, 1.807) is 0 Å². The van der Waals surface area contributed by atoms with Crippen LogP contribution in [0.3, 0.4) is 0 Å². The molecule has 31 heavy (non-hydrogen) atoms. The summed E-state index contributed by atoms with van der Waals surface area (Å²) < 4.78 is 48.1. The second-order valence-electron chi connectivity index (χ2n) is 6.51. The van der Waals surface area contributed by atoms with Crippen LogP contribution in [0, 0.1) is 24.4 Å². The third-order valence-electron chi connectivity index (χ3n) is 4.43. The summed E-state index contributed by atoms with van der Waals surface area (Å²) in [6.07, 6.45) is 1.14. The third kappa shape index (κ3) is 3.99. The summed E-state index contributed by atoms with van der Waals surface area (Å²) >= 11 is 0.836. The number of benzene rings is 2. The molecule has 0 unspecified atom stereocenters. The molecule has 158 valence electrons. The summed E-state index contributed by atoms with van der Waals surface area (Å²) in [5, 5.41) is 9.30. The fourth-order valence-electron chi connectivity index (χ4n) is 2.99. The van der Waals surface area contributed by atoms with Gasteiger partial charge in [-0.05, 0) is 25.1 Å². The van der Waals surface area contributed by atoms with E-state index in [-0.39, 0.29) is 33.3 Å². The highest BCUT2D eigenvalue weighted by molar-refractivity contribution is 7.15. The normalized spacial score (nSPS) is 11.1. The number of hydrogen-bond acceptors (Lipinski definition) is 6. The highest BCUT2D eigenvalue weighted by atomic mass is 32.1. The SMILES string of the molecule is Cc1nc(Oc2ccc3c(c2)c(=O)ncn3Cc2c(F)cc(F)cc2F)sc1C(=O)O. The molecular weight excluding hydrogens is 435 g/mol. The first kappa shape index (κ1) is 20.5. The van der Waals surface area contributed by atoms with Crippen molar-refractivity contribution >= 4 is 28.2 Å². The van der Waals surface area contributed by atoms with Crippen molar-refractivity contribution in [2.45, 2.75) is 13.5 Å². The van der Waals surface area contributed by atoms with Crippen molar-refractivity contribution in [3.05, 3.63) is 80.6 Å². The highest BCUT2D eigenvalue weighted by Gasteiger charge is 2.17. The van der Waals surface area contributed by atoms with E-state index in [0.717, 1.165) is 17.7 Å². The molecule has 0 fully saturated rings. The summed E-state index contributed by atoms with van der Waals surface area (Å²) in [5.41, 5.74) is -0.371. The molecule has 11 heteroatoms. The highest BCUT2D eigenvalue weighted by Crippen LogP contribution is 2.30. The monoisotopic (exact) mass is 447 g/mol. The van der Waals surface area contributed by atoms with Gasteiger partial charge >= 0.3 is 5.97 Å². The fourth-order valence-corrected chi connectivity index (χ4v) is 3.76. The Morgan fingerprint density at radius 1 is 1.19 bits per heavy atom. The van der Waals surface area contributed by atoms with Gasteiger partial charge in [-0.1, -0.05) is 11.3 Å². The number of carboxylic acids is 1. The number of carbonyl (C=O) groups is 1. The van der Waals surface area contributed by atoms with Gasteiger partial charge in [0.15, 0.2) is 0 Å². The molecule has 0 aliphatic carbocycles. The smallest absolute Gasteiger partial charge is 0.347 e. The Kier molecular flexibility index (Phi) is 5.19. The molecule has 2 heterocycles. The molecule has 0 bridgehead atoms. The quantitative estimate of drug-likeness (QED) is 0.495. The number of hydrogen-bond donors (Lipinski definition) is 1. The van der Waals surface area contributed by atoms with Crippen molar-refractivity contribution < 1.29 is 27.8 Å². The van der Waals surface area contributed by atoms with E-state index in [2.05, 4.69) is 9.97 Å². The summed E-state index contributed by atoms with van der Waals surface area (Å²) in [7, 11) is 0. The number of carboxylic acid groups (broad SMARTS) is 1. The molecular formula is C20H12F3N3O4S. The van der Waals surface area contributed by atoms with Crippen molar-refractivity contribution in [2.24, 2.45) is 0 Å². The van der Waals surface area contributed by atoms with Crippen LogP contribution in [0.25, 0.3) is 10.9 Å². The zero-order valence-corrected chi connectivity index (χ0v) is 16.5. The number of nitrogens with zero attached hydrogens (tertiary/aromatic N) is 3. The van der Waals surface area contributed by atoms with Gasteiger partial charge < -0.3 is 14.4 Å². The number of ether oxygens (including phenoxy) is 1. The van der Waals surface area contributed by atoms with Gasteiger partial charge in [0.2, 0.25) is 0 Å². The number of halogens is 3. The lowest BCUT2D eigenvalue weighted by molar-refractivity contribution is 0.0701. The maximum atomic E-state index is 14.0. The largest absolute Gasteiger partial charge is 0.477 e. The molecule has 0 radical (unpaired) electrons. The first-order valence-electron chi connectivity index (χ1n) is 8.74. The van der Waals surface area contributed by atoms with Crippen LogP contribution in [0.15, 0.2) is 41.5 Å². The van der Waals surface area contributed by atoms with E-state index in [4.69, 9.17) is 9.84 Å². The molecule has 4 aromatic rings. The van der Waals surface area contributed by atoms with Crippen LogP contribution in [-0.2, 0) is 6.54 Å². The van der Waals surface area contributed by atoms with E-state index < -0.39 is 29.0 Å². The summed E-state index contributed by atoms with van der Waals surface area (Å²) in [5.74, 6) is -4.08. The molecule has 1 N–H and O–H groups in total. The van der Waals surface area contributed by atoms with Gasteiger partial charge in [0.25, 0.3) is 10.8 Å². The second-order valence-corrected chi connectivity index (χ2v) is 7.47. The minimum Gasteiger partial charge on any atom is -0.477 e. The average molecular weight is 447 g/mol. The van der Waals surface area contributed by atoms with Crippen molar-refractivity contribution in [3.63, 3.8) is 0 Å². The van der Waals surface area contributed by atoms with E-state index in [9.17, 15) is 22.8 Å². The van der Waals surface area contributed by atoms with Crippen LogP contribution in [-0.4, -0.2) is 25.6 Å². The molecule has 2 aromatic heterocycles. The lowest BCUT2D eigenvalue weighted by Crippen LogP contribution is -2.14. The summed E-state index contributed by atoms with van der Waals surface area (Å²) in [4.78, 5) is 31.2. The van der Waals surface area contributed by atoms with E-state index in [0.29, 0.717) is 23.3 Å². The van der Waals surface area contributed by atoms with Gasteiger partial charge in [-0.2, -0.15) is 4.98 Å². The van der Waals surface area contributed by atoms with Crippen LogP contribution in [0.5, 0.6) is 10.9 Å². The number of aromatic carboxylic acids is 1. The minimum absolute atomic E-state index is 0.0307. The molecule has 7 nitrogen and oxygen atoms in total. The van der Waals surface area contributed by atoms with Crippen LogP contribution in [0.2, 0.25) is 0 Å². The average Bonchev–Trinajstić information content (AvgIpc) is 3.07. The molecule has 4 rings (SSSR count). The standard InChI is InChI=1S/C20H12F3N3O4S/c1-9-17(19(28)29)31-20(25-9)30-11-2-3-16-12(6-11)18(27)24-8-26(16)7-13-14(22)4-10(21)5-15(13)23/h2-6,8H,7H2,1H3,(H,28,29). The zero-order chi connectivity index (χ0) is 22.3. The minimum atomic E-state index is -1.13. The lowest BCUT2D eigenvalue weighted by Gasteiger charge is -2.12. The van der Waals surface area contributed by atoms with Crippen LogP contribution < -0.4 is 10.3 Å². The Bertz CT molecular complexity index is 1380. The lowest BCUT2D eigenvalue weighted by atomic mass is 10.1. The summed E-state index contributed by atoms with van der Waals surface area (Å²) in [6, 6.07) is 5.50. The molecule has 0 spiro atoms. The Balaban J connectivity index is 1.71. The predicted molar refractivity (Wildman–Crippen MR) is 105 cm³/mol. The zero-order valence-electron chi connectivity index (χ0n) is 15.7. The van der Waals surface area contributed by atoms with E-state index >= 15 is 0 Å². The number of aryl methyl sites for hydroxylation is 1. The van der Waals surface area contributed by atoms with Crippen LogP contribution >= 0.6 is 11.3 Å². The number of fused-ring (bicyclic) bond motifs is 1. The molecule has 0 aliphatic rings. The van der Waals surface area contributed by atoms with Crippen LogP contribution in [0.4, 0.5) is 13.2 Å². The van der Waals surface area contributed by atoms with Gasteiger partial charge in [-0.15, -0.1) is 0 Å². The number of thiazole rings is 1. The van der Waals surface area contributed by atoms with Crippen molar-refractivity contribution in [3.8, 4) is 10.9 Å². The van der Waals surface area contributed by atoms with Crippen molar-refractivity contribution in [1.29, 1.82) is 0 Å². The van der Waals surface area contributed by atoms with Gasteiger partial charge in [-0.3, -0.25) is 4.79 Å². The third-order valence-corrected chi connectivity index (χ3v) is 5.46. The molecule has 0 saturated carbocycles. The molecule has 2 aromatic carbocycles. The predicted octanol–water partition coefficient (Wildman–Crippen LogP) is 4.12. The maximum Gasteiger partial charge on any atom is 0.347 e.